The molecule has 0 saturated carbocycles. The molecule has 3 aromatic rings. The van der Waals surface area contributed by atoms with E-state index in [2.05, 4.69) is 5.16 Å². The van der Waals surface area contributed by atoms with Crippen molar-refractivity contribution in [1.82, 2.24) is 5.16 Å². The van der Waals surface area contributed by atoms with Crippen molar-refractivity contribution in [3.05, 3.63) is 48.3 Å². The van der Waals surface area contributed by atoms with Crippen molar-refractivity contribution < 1.29 is 13.7 Å². The molecule has 2 aromatic carbocycles. The number of methoxy groups -OCH3 is 1. The van der Waals surface area contributed by atoms with Crippen LogP contribution in [0, 0.1) is 5.82 Å². The van der Waals surface area contributed by atoms with Gasteiger partial charge in [-0.2, -0.15) is 0 Å². The van der Waals surface area contributed by atoms with E-state index in [0.29, 0.717) is 11.3 Å². The summed E-state index contributed by atoms with van der Waals surface area (Å²) in [6.07, 6.45) is 0. The van der Waals surface area contributed by atoms with Gasteiger partial charge in [-0.1, -0.05) is 17.3 Å². The largest absolute Gasteiger partial charge is 0.497 e. The van der Waals surface area contributed by atoms with Crippen molar-refractivity contribution in [2.75, 3.05) is 7.11 Å². The van der Waals surface area contributed by atoms with E-state index in [9.17, 15) is 4.39 Å². The molecule has 18 heavy (non-hydrogen) atoms. The highest BCUT2D eigenvalue weighted by Crippen LogP contribution is 2.30. The summed E-state index contributed by atoms with van der Waals surface area (Å²) >= 11 is 0. The van der Waals surface area contributed by atoms with E-state index < -0.39 is 0 Å². The molecule has 4 heteroatoms. The van der Waals surface area contributed by atoms with Crippen LogP contribution >= 0.6 is 0 Å². The Morgan fingerprint density at radius 3 is 2.89 bits per heavy atom. The van der Waals surface area contributed by atoms with E-state index in [1.165, 1.54) is 12.1 Å². The zero-order valence-electron chi connectivity index (χ0n) is 9.68. The number of aromatic nitrogens is 1. The molecule has 0 atom stereocenters. The Bertz CT molecular complexity index is 706. The summed E-state index contributed by atoms with van der Waals surface area (Å²) in [5, 5.41) is 4.64. The molecule has 0 spiro atoms. The van der Waals surface area contributed by atoms with Gasteiger partial charge in [0.05, 0.1) is 7.11 Å². The zero-order valence-corrected chi connectivity index (χ0v) is 9.68. The van der Waals surface area contributed by atoms with Crippen LogP contribution < -0.4 is 4.74 Å². The van der Waals surface area contributed by atoms with Crippen LogP contribution in [-0.2, 0) is 0 Å². The standard InChI is InChI=1S/C14H10FNO2/c1-17-11-4-2-3-9(7-11)14-12-6-5-10(15)8-13(12)16-18-14/h2-8H,1H3. The van der Waals surface area contributed by atoms with Crippen LogP contribution in [0.25, 0.3) is 22.2 Å². The number of nitrogens with zero attached hydrogens (tertiary/aromatic N) is 1. The van der Waals surface area contributed by atoms with Crippen molar-refractivity contribution in [2.24, 2.45) is 0 Å². The number of hydrogen-bond acceptors (Lipinski definition) is 3. The minimum absolute atomic E-state index is 0.326. The molecule has 0 amide bonds. The molecule has 0 unspecified atom stereocenters. The van der Waals surface area contributed by atoms with Crippen LogP contribution in [0.15, 0.2) is 47.0 Å². The maximum atomic E-state index is 13.1. The van der Waals surface area contributed by atoms with E-state index in [0.717, 1.165) is 16.7 Å². The molecular weight excluding hydrogens is 233 g/mol. The fourth-order valence-electron chi connectivity index (χ4n) is 1.89. The smallest absolute Gasteiger partial charge is 0.174 e. The van der Waals surface area contributed by atoms with E-state index in [1.54, 1.807) is 13.2 Å². The van der Waals surface area contributed by atoms with Gasteiger partial charge in [-0.15, -0.1) is 0 Å². The van der Waals surface area contributed by atoms with E-state index in [-0.39, 0.29) is 5.82 Å². The molecule has 0 aliphatic heterocycles. The van der Waals surface area contributed by atoms with Crippen LogP contribution in [-0.4, -0.2) is 12.3 Å². The SMILES string of the molecule is COc1cccc(-c2onc3cc(F)ccc23)c1. The molecule has 0 radical (unpaired) electrons. The first kappa shape index (κ1) is 10.8. The fraction of sp³-hybridized carbons (Fsp3) is 0.0714. The maximum Gasteiger partial charge on any atom is 0.174 e. The lowest BCUT2D eigenvalue weighted by atomic mass is 10.1. The average molecular weight is 243 g/mol. The van der Waals surface area contributed by atoms with Crippen molar-refractivity contribution in [3.63, 3.8) is 0 Å². The molecule has 0 fully saturated rings. The van der Waals surface area contributed by atoms with Gasteiger partial charge < -0.3 is 9.26 Å². The van der Waals surface area contributed by atoms with Crippen LogP contribution in [0.3, 0.4) is 0 Å². The lowest BCUT2D eigenvalue weighted by Gasteiger charge is -2.01. The third-order valence-electron chi connectivity index (χ3n) is 2.77. The van der Waals surface area contributed by atoms with Gasteiger partial charge in [0.2, 0.25) is 0 Å². The topological polar surface area (TPSA) is 35.3 Å². The van der Waals surface area contributed by atoms with E-state index in [1.807, 2.05) is 24.3 Å². The summed E-state index contributed by atoms with van der Waals surface area (Å²) < 4.78 is 23.5. The molecule has 0 bridgehead atoms. The molecule has 0 aliphatic rings. The van der Waals surface area contributed by atoms with E-state index >= 15 is 0 Å². The monoisotopic (exact) mass is 243 g/mol. The van der Waals surface area contributed by atoms with Gasteiger partial charge in [0.1, 0.15) is 17.1 Å². The van der Waals surface area contributed by atoms with E-state index in [4.69, 9.17) is 9.26 Å². The predicted octanol–water partition coefficient (Wildman–Crippen LogP) is 3.64. The molecule has 1 heterocycles. The van der Waals surface area contributed by atoms with Gasteiger partial charge in [-0.05, 0) is 24.3 Å². The number of benzene rings is 2. The highest BCUT2D eigenvalue weighted by molar-refractivity contribution is 5.91. The number of ether oxygens (including phenoxy) is 1. The van der Waals surface area contributed by atoms with Gasteiger partial charge in [0.25, 0.3) is 0 Å². The zero-order chi connectivity index (χ0) is 12.5. The molecule has 0 saturated heterocycles. The summed E-state index contributed by atoms with van der Waals surface area (Å²) in [7, 11) is 1.60. The Kier molecular flexibility index (Phi) is 2.48. The van der Waals surface area contributed by atoms with Gasteiger partial charge in [0.15, 0.2) is 5.76 Å². The number of rotatable bonds is 2. The van der Waals surface area contributed by atoms with Crippen LogP contribution in [0.4, 0.5) is 4.39 Å². The third kappa shape index (κ3) is 1.72. The normalized spacial score (nSPS) is 10.8. The molecule has 3 rings (SSSR count). The quantitative estimate of drug-likeness (QED) is 0.689. The number of halogens is 1. The highest BCUT2D eigenvalue weighted by atomic mass is 19.1. The first-order chi connectivity index (χ1) is 8.78. The Balaban J connectivity index is 2.19. The fourth-order valence-corrected chi connectivity index (χ4v) is 1.89. The van der Waals surface area contributed by atoms with Crippen LogP contribution in [0.5, 0.6) is 5.75 Å². The lowest BCUT2D eigenvalue weighted by Crippen LogP contribution is -1.83. The van der Waals surface area contributed by atoms with Crippen molar-refractivity contribution in [3.8, 4) is 17.1 Å². The van der Waals surface area contributed by atoms with Crippen molar-refractivity contribution >= 4 is 10.9 Å². The van der Waals surface area contributed by atoms with Crippen LogP contribution in [0.1, 0.15) is 0 Å². The summed E-state index contributed by atoms with van der Waals surface area (Å²) in [6.45, 7) is 0. The minimum atomic E-state index is -0.326. The summed E-state index contributed by atoms with van der Waals surface area (Å²) in [5.41, 5.74) is 1.36. The van der Waals surface area contributed by atoms with Crippen molar-refractivity contribution in [2.45, 2.75) is 0 Å². The third-order valence-corrected chi connectivity index (χ3v) is 2.77. The predicted molar refractivity (Wildman–Crippen MR) is 66.0 cm³/mol. The number of fused-ring (bicyclic) bond motifs is 1. The molecule has 0 aliphatic carbocycles. The second kappa shape index (κ2) is 4.14. The summed E-state index contributed by atoms with van der Waals surface area (Å²) in [6, 6.07) is 11.9. The molecule has 3 nitrogen and oxygen atoms in total. The first-order valence-electron chi connectivity index (χ1n) is 5.47. The van der Waals surface area contributed by atoms with Gasteiger partial charge in [-0.3, -0.25) is 0 Å². The summed E-state index contributed by atoms with van der Waals surface area (Å²) in [5.74, 6) is 1.02. The molecular formula is C14H10FNO2. The van der Waals surface area contributed by atoms with Gasteiger partial charge in [0, 0.05) is 17.0 Å². The Labute approximate surface area is 103 Å². The first-order valence-corrected chi connectivity index (χ1v) is 5.47. The summed E-state index contributed by atoms with van der Waals surface area (Å²) in [4.78, 5) is 0. The second-order valence-corrected chi connectivity index (χ2v) is 3.91. The Morgan fingerprint density at radius 2 is 2.06 bits per heavy atom. The van der Waals surface area contributed by atoms with Crippen molar-refractivity contribution in [1.29, 1.82) is 0 Å². The molecule has 1 aromatic heterocycles. The minimum Gasteiger partial charge on any atom is -0.497 e. The van der Waals surface area contributed by atoms with Gasteiger partial charge in [-0.25, -0.2) is 4.39 Å². The lowest BCUT2D eigenvalue weighted by molar-refractivity contribution is 0.414. The highest BCUT2D eigenvalue weighted by Gasteiger charge is 2.11. The Morgan fingerprint density at radius 1 is 1.17 bits per heavy atom. The second-order valence-electron chi connectivity index (χ2n) is 3.91. The average Bonchev–Trinajstić information content (AvgIpc) is 2.81. The molecule has 0 N–H and O–H groups in total. The van der Waals surface area contributed by atoms with Gasteiger partial charge >= 0.3 is 0 Å². The number of hydrogen-bond donors (Lipinski definition) is 0. The maximum absolute atomic E-state index is 13.1. The molecule has 90 valence electrons. The van der Waals surface area contributed by atoms with Crippen LogP contribution in [0.2, 0.25) is 0 Å². The Hall–Kier alpha value is -2.36.